The molecule has 0 bridgehead atoms. The van der Waals surface area contributed by atoms with Gasteiger partial charge in [-0.3, -0.25) is 4.55 Å². The van der Waals surface area contributed by atoms with Crippen LogP contribution in [0.2, 0.25) is 0 Å². The zero-order chi connectivity index (χ0) is 7.71. The second kappa shape index (κ2) is 2.22. The molecule has 0 rings (SSSR count). The molecule has 0 aliphatic carbocycles. The van der Waals surface area contributed by atoms with Gasteiger partial charge in [-0.25, -0.2) is 4.18 Å². The summed E-state index contributed by atoms with van der Waals surface area (Å²) in [5.74, 6) is 0. The third kappa shape index (κ3) is 7.83. The molecule has 5 nitrogen and oxygen atoms in total. The molecule has 0 aliphatic heterocycles. The molecule has 0 spiro atoms. The first-order valence-corrected chi connectivity index (χ1v) is 3.54. The van der Waals surface area contributed by atoms with Crippen LogP contribution < -0.4 is 5.73 Å². The van der Waals surface area contributed by atoms with Crippen LogP contribution in [0.3, 0.4) is 0 Å². The Labute approximate surface area is 53.8 Å². The maximum absolute atomic E-state index is 9.90. The molecule has 3 N–H and O–H groups in total. The number of nitrogens with two attached hydrogens (primary N) is 1. The van der Waals surface area contributed by atoms with Gasteiger partial charge in [-0.15, -0.1) is 0 Å². The first-order chi connectivity index (χ1) is 3.71. The highest BCUT2D eigenvalue weighted by Crippen LogP contribution is 2.02. The number of hydrogen-bond donors (Lipinski definition) is 2. The van der Waals surface area contributed by atoms with Gasteiger partial charge in [0.2, 0.25) is 0 Å². The SMILES string of the molecule is CC(C)(N)OS(=O)(=O)O. The third-order valence-corrected chi connectivity index (χ3v) is 0.960. The van der Waals surface area contributed by atoms with Crippen LogP contribution in [0.25, 0.3) is 0 Å². The van der Waals surface area contributed by atoms with Crippen LogP contribution in [-0.4, -0.2) is 18.7 Å². The van der Waals surface area contributed by atoms with E-state index in [9.17, 15) is 8.42 Å². The lowest BCUT2D eigenvalue weighted by Crippen LogP contribution is -2.37. The Morgan fingerprint density at radius 2 is 1.89 bits per heavy atom. The van der Waals surface area contributed by atoms with E-state index < -0.39 is 16.1 Å². The average Bonchev–Trinajstić information content (AvgIpc) is 1.14. The van der Waals surface area contributed by atoms with Crippen molar-refractivity contribution < 1.29 is 17.2 Å². The van der Waals surface area contributed by atoms with E-state index in [2.05, 4.69) is 4.18 Å². The van der Waals surface area contributed by atoms with Gasteiger partial charge in [0.1, 0.15) is 5.72 Å². The lowest BCUT2D eigenvalue weighted by atomic mass is 10.4. The molecule has 6 heteroatoms. The lowest BCUT2D eigenvalue weighted by Gasteiger charge is -2.14. The fourth-order valence-corrected chi connectivity index (χ4v) is 0.814. The zero-order valence-corrected chi connectivity index (χ0v) is 5.97. The van der Waals surface area contributed by atoms with Gasteiger partial charge < -0.3 is 5.73 Å². The molecule has 0 aliphatic rings. The molecule has 0 atom stereocenters. The van der Waals surface area contributed by atoms with Crippen LogP contribution in [0, 0.1) is 0 Å². The van der Waals surface area contributed by atoms with Crippen molar-refractivity contribution in [1.29, 1.82) is 0 Å². The Bertz CT molecular complexity index is 176. The fourth-order valence-electron chi connectivity index (χ4n) is 0.271. The maximum atomic E-state index is 9.90. The Kier molecular flexibility index (Phi) is 2.18. The summed E-state index contributed by atoms with van der Waals surface area (Å²) in [6.07, 6.45) is 0. The van der Waals surface area contributed by atoms with E-state index in [-0.39, 0.29) is 0 Å². The normalized spacial score (nSPS) is 13.8. The summed E-state index contributed by atoms with van der Waals surface area (Å²) in [5, 5.41) is 0. The molecule has 0 radical (unpaired) electrons. The quantitative estimate of drug-likeness (QED) is 0.414. The van der Waals surface area contributed by atoms with Crippen molar-refractivity contribution >= 4 is 10.4 Å². The van der Waals surface area contributed by atoms with Crippen LogP contribution in [0.1, 0.15) is 13.8 Å². The van der Waals surface area contributed by atoms with Crippen LogP contribution in [0.5, 0.6) is 0 Å². The molecular formula is C3H9NO4S. The monoisotopic (exact) mass is 155 g/mol. The van der Waals surface area contributed by atoms with Crippen molar-refractivity contribution in [2.24, 2.45) is 5.73 Å². The molecule has 56 valence electrons. The molecule has 0 fully saturated rings. The van der Waals surface area contributed by atoms with E-state index in [1.54, 1.807) is 0 Å². The molecular weight excluding hydrogens is 146 g/mol. The Hall–Kier alpha value is -0.170. The molecule has 0 saturated heterocycles. The van der Waals surface area contributed by atoms with E-state index in [1.807, 2.05) is 0 Å². The molecule has 0 aromatic rings. The van der Waals surface area contributed by atoms with E-state index in [4.69, 9.17) is 10.3 Å². The van der Waals surface area contributed by atoms with E-state index in [1.165, 1.54) is 13.8 Å². The summed E-state index contributed by atoms with van der Waals surface area (Å²) in [4.78, 5) is 0. The van der Waals surface area contributed by atoms with Crippen molar-refractivity contribution in [3.63, 3.8) is 0 Å². The van der Waals surface area contributed by atoms with Gasteiger partial charge in [-0.2, -0.15) is 8.42 Å². The average molecular weight is 155 g/mol. The van der Waals surface area contributed by atoms with Crippen LogP contribution in [0.4, 0.5) is 0 Å². The second-order valence-electron chi connectivity index (χ2n) is 2.11. The van der Waals surface area contributed by atoms with Gasteiger partial charge in [0.15, 0.2) is 0 Å². The summed E-state index contributed by atoms with van der Waals surface area (Å²) in [6, 6.07) is 0. The van der Waals surface area contributed by atoms with Crippen molar-refractivity contribution in [2.75, 3.05) is 0 Å². The van der Waals surface area contributed by atoms with Gasteiger partial charge in [-0.1, -0.05) is 0 Å². The molecule has 0 saturated carbocycles. The molecule has 0 aromatic heterocycles. The van der Waals surface area contributed by atoms with Gasteiger partial charge >= 0.3 is 10.4 Å². The van der Waals surface area contributed by atoms with Crippen molar-refractivity contribution in [3.8, 4) is 0 Å². The second-order valence-corrected chi connectivity index (χ2v) is 3.14. The van der Waals surface area contributed by atoms with Crippen molar-refractivity contribution in [1.82, 2.24) is 0 Å². The predicted molar refractivity (Wildman–Crippen MR) is 30.9 cm³/mol. The maximum Gasteiger partial charge on any atom is 0.399 e. The van der Waals surface area contributed by atoms with E-state index >= 15 is 0 Å². The minimum absolute atomic E-state index is 1.31. The van der Waals surface area contributed by atoms with E-state index in [0.29, 0.717) is 0 Å². The lowest BCUT2D eigenvalue weighted by molar-refractivity contribution is 0.107. The summed E-state index contributed by atoms with van der Waals surface area (Å²) < 4.78 is 31.8. The molecule has 0 aromatic carbocycles. The van der Waals surface area contributed by atoms with Crippen LogP contribution in [-0.2, 0) is 14.6 Å². The van der Waals surface area contributed by atoms with Gasteiger partial charge in [0.25, 0.3) is 0 Å². The molecule has 0 unspecified atom stereocenters. The first kappa shape index (κ1) is 8.83. The molecule has 9 heavy (non-hydrogen) atoms. The smallest absolute Gasteiger partial charge is 0.303 e. The standard InChI is InChI=1S/C3H9NO4S/c1-3(2,4)8-9(5,6)7/h4H2,1-2H3,(H,5,6,7). The first-order valence-electron chi connectivity index (χ1n) is 2.18. The summed E-state index contributed by atoms with van der Waals surface area (Å²) in [7, 11) is -4.41. The highest BCUT2D eigenvalue weighted by Gasteiger charge is 2.19. The Balaban J connectivity index is 4.07. The summed E-state index contributed by atoms with van der Waals surface area (Å²) in [5.41, 5.74) is 3.71. The van der Waals surface area contributed by atoms with E-state index in [0.717, 1.165) is 0 Å². The molecule has 0 heterocycles. The molecule has 0 amide bonds. The van der Waals surface area contributed by atoms with Gasteiger partial charge in [-0.05, 0) is 13.8 Å². The minimum Gasteiger partial charge on any atom is -0.303 e. The summed E-state index contributed by atoms with van der Waals surface area (Å²) in [6.45, 7) is 2.61. The largest absolute Gasteiger partial charge is 0.399 e. The zero-order valence-electron chi connectivity index (χ0n) is 5.16. The minimum atomic E-state index is -4.41. The topological polar surface area (TPSA) is 89.6 Å². The number of hydrogen-bond acceptors (Lipinski definition) is 4. The van der Waals surface area contributed by atoms with Crippen LogP contribution in [0.15, 0.2) is 0 Å². The fraction of sp³-hybridized carbons (Fsp3) is 1.00. The third-order valence-electron chi connectivity index (χ3n) is 0.320. The Morgan fingerprint density at radius 3 is 1.89 bits per heavy atom. The summed E-state index contributed by atoms with van der Waals surface area (Å²) >= 11 is 0. The van der Waals surface area contributed by atoms with Crippen molar-refractivity contribution in [3.05, 3.63) is 0 Å². The highest BCUT2D eigenvalue weighted by atomic mass is 32.3. The van der Waals surface area contributed by atoms with Gasteiger partial charge in [0.05, 0.1) is 0 Å². The highest BCUT2D eigenvalue weighted by molar-refractivity contribution is 7.80. The van der Waals surface area contributed by atoms with Crippen molar-refractivity contribution in [2.45, 2.75) is 19.6 Å². The Morgan fingerprint density at radius 1 is 1.56 bits per heavy atom. The predicted octanol–water partition coefficient (Wildman–Crippen LogP) is -0.499. The number of rotatable bonds is 2. The van der Waals surface area contributed by atoms with Crippen LogP contribution >= 0.6 is 0 Å². The van der Waals surface area contributed by atoms with Gasteiger partial charge in [0, 0.05) is 0 Å².